The van der Waals surface area contributed by atoms with Gasteiger partial charge in [-0.1, -0.05) is 6.07 Å². The zero-order chi connectivity index (χ0) is 15.2. The number of nitrogens with two attached hydrogens (primary N) is 1. The van der Waals surface area contributed by atoms with Gasteiger partial charge in [0.25, 0.3) is 0 Å². The second-order valence-corrected chi connectivity index (χ2v) is 7.07. The monoisotopic (exact) mass is 319 g/mol. The van der Waals surface area contributed by atoms with Crippen LogP contribution < -0.4 is 5.73 Å². The molecule has 1 aromatic rings. The molecule has 5 nitrogen and oxygen atoms in total. The molecule has 2 fully saturated rings. The first-order chi connectivity index (χ1) is 10.8. The van der Waals surface area contributed by atoms with E-state index in [1.165, 1.54) is 18.4 Å². The van der Waals surface area contributed by atoms with E-state index in [2.05, 4.69) is 20.9 Å². The number of thioether (sulfide) groups is 1. The third-order valence-electron chi connectivity index (χ3n) is 4.41. The van der Waals surface area contributed by atoms with Crippen LogP contribution in [0.2, 0.25) is 0 Å². The summed E-state index contributed by atoms with van der Waals surface area (Å²) in [5.41, 5.74) is 7.45. The number of hydrogen-bond acceptors (Lipinski definition) is 4. The van der Waals surface area contributed by atoms with Crippen molar-refractivity contribution in [3.05, 3.63) is 30.1 Å². The van der Waals surface area contributed by atoms with Gasteiger partial charge >= 0.3 is 0 Å². The SMILES string of the molecule is NC(=NCC(c1cccnc1)N1CCCC1)N1CCSCC1. The Labute approximate surface area is 137 Å². The first-order valence-corrected chi connectivity index (χ1v) is 9.26. The van der Waals surface area contributed by atoms with Crippen molar-refractivity contribution in [2.75, 3.05) is 44.2 Å². The lowest BCUT2D eigenvalue weighted by atomic mass is 10.1. The summed E-state index contributed by atoms with van der Waals surface area (Å²) in [5, 5.41) is 0. The lowest BCUT2D eigenvalue weighted by molar-refractivity contribution is 0.250. The molecule has 2 saturated heterocycles. The smallest absolute Gasteiger partial charge is 0.191 e. The summed E-state index contributed by atoms with van der Waals surface area (Å²) in [7, 11) is 0. The van der Waals surface area contributed by atoms with E-state index in [9.17, 15) is 0 Å². The largest absolute Gasteiger partial charge is 0.370 e. The zero-order valence-electron chi connectivity index (χ0n) is 13.0. The number of hydrogen-bond donors (Lipinski definition) is 1. The molecule has 1 aromatic heterocycles. The van der Waals surface area contributed by atoms with E-state index in [0.717, 1.165) is 44.2 Å². The molecular weight excluding hydrogens is 294 g/mol. The molecular formula is C16H25N5S. The van der Waals surface area contributed by atoms with Gasteiger partial charge in [-0.3, -0.25) is 14.9 Å². The molecule has 0 saturated carbocycles. The normalized spacial score (nSPS) is 22.0. The Morgan fingerprint density at radius 1 is 1.27 bits per heavy atom. The summed E-state index contributed by atoms with van der Waals surface area (Å²) in [6, 6.07) is 4.46. The van der Waals surface area contributed by atoms with Gasteiger partial charge < -0.3 is 10.6 Å². The second kappa shape index (κ2) is 7.83. The van der Waals surface area contributed by atoms with Gasteiger partial charge in [0.05, 0.1) is 12.6 Å². The Hall–Kier alpha value is -1.27. The highest BCUT2D eigenvalue weighted by Crippen LogP contribution is 2.25. The highest BCUT2D eigenvalue weighted by molar-refractivity contribution is 7.99. The summed E-state index contributed by atoms with van der Waals surface area (Å²) in [4.78, 5) is 13.7. The predicted molar refractivity (Wildman–Crippen MR) is 93.2 cm³/mol. The molecule has 6 heteroatoms. The Kier molecular flexibility index (Phi) is 5.56. The van der Waals surface area contributed by atoms with Crippen LogP contribution in [-0.4, -0.2) is 65.0 Å². The van der Waals surface area contributed by atoms with Crippen molar-refractivity contribution in [3.63, 3.8) is 0 Å². The van der Waals surface area contributed by atoms with Crippen molar-refractivity contribution in [3.8, 4) is 0 Å². The number of pyridine rings is 1. The van der Waals surface area contributed by atoms with E-state index in [4.69, 9.17) is 10.7 Å². The average Bonchev–Trinajstić information content (AvgIpc) is 3.11. The Balaban J connectivity index is 1.69. The molecule has 120 valence electrons. The van der Waals surface area contributed by atoms with Crippen molar-refractivity contribution in [2.45, 2.75) is 18.9 Å². The fourth-order valence-electron chi connectivity index (χ4n) is 3.13. The fourth-order valence-corrected chi connectivity index (χ4v) is 4.03. The molecule has 3 heterocycles. The fraction of sp³-hybridized carbons (Fsp3) is 0.625. The van der Waals surface area contributed by atoms with Crippen LogP contribution in [0.25, 0.3) is 0 Å². The average molecular weight is 319 g/mol. The summed E-state index contributed by atoms with van der Waals surface area (Å²) in [6.07, 6.45) is 6.35. The highest BCUT2D eigenvalue weighted by atomic mass is 32.2. The number of rotatable bonds is 4. The van der Waals surface area contributed by atoms with Crippen LogP contribution in [0, 0.1) is 0 Å². The van der Waals surface area contributed by atoms with Crippen molar-refractivity contribution < 1.29 is 0 Å². The standard InChI is InChI=1S/C16H25N5S/c17-16(21-8-10-22-11-9-21)19-13-15(20-6-1-2-7-20)14-4-3-5-18-12-14/h3-5,12,15H,1-2,6-11,13H2,(H2,17,19). The molecule has 2 aliphatic heterocycles. The molecule has 0 radical (unpaired) electrons. The van der Waals surface area contributed by atoms with Gasteiger partial charge in [-0.25, -0.2) is 0 Å². The number of aromatic nitrogens is 1. The molecule has 0 aromatic carbocycles. The summed E-state index contributed by atoms with van der Waals surface area (Å²) in [5.74, 6) is 3.00. The molecule has 1 unspecified atom stereocenters. The van der Waals surface area contributed by atoms with E-state index in [0.29, 0.717) is 12.0 Å². The maximum Gasteiger partial charge on any atom is 0.191 e. The first kappa shape index (κ1) is 15.6. The molecule has 1 atom stereocenters. The van der Waals surface area contributed by atoms with Crippen LogP contribution in [0.5, 0.6) is 0 Å². The summed E-state index contributed by atoms with van der Waals surface area (Å²) in [6.45, 7) is 5.05. The second-order valence-electron chi connectivity index (χ2n) is 5.84. The molecule has 0 spiro atoms. The van der Waals surface area contributed by atoms with Crippen molar-refractivity contribution in [1.82, 2.24) is 14.8 Å². The summed E-state index contributed by atoms with van der Waals surface area (Å²) >= 11 is 1.99. The van der Waals surface area contributed by atoms with Crippen LogP contribution in [0.1, 0.15) is 24.4 Å². The van der Waals surface area contributed by atoms with E-state index in [1.54, 1.807) is 0 Å². The number of nitrogens with zero attached hydrogens (tertiary/aromatic N) is 4. The van der Waals surface area contributed by atoms with E-state index in [1.807, 2.05) is 30.2 Å². The maximum atomic E-state index is 6.21. The van der Waals surface area contributed by atoms with Crippen molar-refractivity contribution in [1.29, 1.82) is 0 Å². The quantitative estimate of drug-likeness (QED) is 0.674. The number of aliphatic imine (C=N–C) groups is 1. The van der Waals surface area contributed by atoms with E-state index >= 15 is 0 Å². The molecule has 2 aliphatic rings. The topological polar surface area (TPSA) is 57.8 Å². The van der Waals surface area contributed by atoms with Gasteiger partial charge in [-0.05, 0) is 37.6 Å². The molecule has 0 amide bonds. The zero-order valence-corrected chi connectivity index (χ0v) is 13.8. The van der Waals surface area contributed by atoms with Crippen molar-refractivity contribution in [2.24, 2.45) is 10.7 Å². The van der Waals surface area contributed by atoms with Crippen LogP contribution in [-0.2, 0) is 0 Å². The van der Waals surface area contributed by atoms with Gasteiger partial charge in [0.15, 0.2) is 5.96 Å². The van der Waals surface area contributed by atoms with Gasteiger partial charge in [0.1, 0.15) is 0 Å². The Morgan fingerprint density at radius 3 is 2.73 bits per heavy atom. The van der Waals surface area contributed by atoms with Crippen LogP contribution >= 0.6 is 11.8 Å². The molecule has 0 bridgehead atoms. The Morgan fingerprint density at radius 2 is 2.05 bits per heavy atom. The van der Waals surface area contributed by atoms with E-state index < -0.39 is 0 Å². The van der Waals surface area contributed by atoms with Gasteiger partial charge in [0, 0.05) is 37.0 Å². The minimum absolute atomic E-state index is 0.300. The van der Waals surface area contributed by atoms with Crippen LogP contribution in [0.3, 0.4) is 0 Å². The molecule has 22 heavy (non-hydrogen) atoms. The third-order valence-corrected chi connectivity index (χ3v) is 5.35. The minimum atomic E-state index is 0.300. The van der Waals surface area contributed by atoms with E-state index in [-0.39, 0.29) is 0 Å². The van der Waals surface area contributed by atoms with Gasteiger partial charge in [-0.2, -0.15) is 11.8 Å². The molecule has 2 N–H and O–H groups in total. The summed E-state index contributed by atoms with van der Waals surface area (Å²) < 4.78 is 0. The maximum absolute atomic E-state index is 6.21. The lowest BCUT2D eigenvalue weighted by Crippen LogP contribution is -2.43. The highest BCUT2D eigenvalue weighted by Gasteiger charge is 2.23. The van der Waals surface area contributed by atoms with Crippen molar-refractivity contribution >= 4 is 17.7 Å². The van der Waals surface area contributed by atoms with Crippen LogP contribution in [0.15, 0.2) is 29.5 Å². The first-order valence-electron chi connectivity index (χ1n) is 8.11. The molecule has 3 rings (SSSR count). The van der Waals surface area contributed by atoms with Gasteiger partial charge in [0.2, 0.25) is 0 Å². The molecule has 0 aliphatic carbocycles. The third kappa shape index (κ3) is 3.93. The number of likely N-dealkylation sites (tertiary alicyclic amines) is 1. The minimum Gasteiger partial charge on any atom is -0.370 e. The Bertz CT molecular complexity index is 481. The van der Waals surface area contributed by atoms with Gasteiger partial charge in [-0.15, -0.1) is 0 Å². The lowest BCUT2D eigenvalue weighted by Gasteiger charge is -2.29. The number of guanidine groups is 1. The predicted octanol–water partition coefficient (Wildman–Crippen LogP) is 1.58. The van der Waals surface area contributed by atoms with Crippen LogP contribution in [0.4, 0.5) is 0 Å².